The maximum Gasteiger partial charge on any atom is 0.244 e. The number of anilines is 1. The van der Waals surface area contributed by atoms with Crippen LogP contribution in [0.1, 0.15) is 18.4 Å². The van der Waals surface area contributed by atoms with Crippen LogP contribution >= 0.6 is 0 Å². The Morgan fingerprint density at radius 3 is 2.72 bits per heavy atom. The van der Waals surface area contributed by atoms with Gasteiger partial charge in [-0.2, -0.15) is 0 Å². The fourth-order valence-corrected chi connectivity index (χ4v) is 1.91. The largest absolute Gasteiger partial charge is 0.508 e. The molecule has 0 saturated carbocycles. The van der Waals surface area contributed by atoms with Crippen molar-refractivity contribution in [2.45, 2.75) is 25.3 Å². The van der Waals surface area contributed by atoms with Crippen molar-refractivity contribution in [3.8, 4) is 5.75 Å². The van der Waals surface area contributed by atoms with E-state index in [9.17, 15) is 9.90 Å². The van der Waals surface area contributed by atoms with Gasteiger partial charge in [-0.15, -0.1) is 0 Å². The van der Waals surface area contributed by atoms with Crippen LogP contribution in [0.5, 0.6) is 5.75 Å². The number of ether oxygens (including phenoxy) is 1. The molecule has 0 unspecified atom stereocenters. The molecule has 0 atom stereocenters. The molecule has 0 aliphatic carbocycles. The number of aryl methyl sites for hydroxylation is 1. The topological polar surface area (TPSA) is 84.6 Å². The van der Waals surface area contributed by atoms with Gasteiger partial charge in [-0.25, -0.2) is 0 Å². The van der Waals surface area contributed by atoms with E-state index in [1.165, 1.54) is 6.07 Å². The van der Waals surface area contributed by atoms with Crippen LogP contribution in [0.2, 0.25) is 0 Å². The van der Waals surface area contributed by atoms with E-state index >= 15 is 0 Å². The predicted octanol–water partition coefficient (Wildman–Crippen LogP) is 1.15. The first-order chi connectivity index (χ1) is 8.51. The lowest BCUT2D eigenvalue weighted by atomic mass is 9.90. The summed E-state index contributed by atoms with van der Waals surface area (Å²) < 4.78 is 5.20. The van der Waals surface area contributed by atoms with Gasteiger partial charge in [-0.1, -0.05) is 6.07 Å². The van der Waals surface area contributed by atoms with E-state index in [-0.39, 0.29) is 11.7 Å². The Kier molecular flexibility index (Phi) is 3.54. The summed E-state index contributed by atoms with van der Waals surface area (Å²) in [7, 11) is 0. The number of benzene rings is 1. The molecule has 0 radical (unpaired) electrons. The maximum absolute atomic E-state index is 12.1. The highest BCUT2D eigenvalue weighted by atomic mass is 16.5. The van der Waals surface area contributed by atoms with Gasteiger partial charge >= 0.3 is 0 Å². The number of nitrogens with two attached hydrogens (primary N) is 1. The van der Waals surface area contributed by atoms with E-state index in [4.69, 9.17) is 10.5 Å². The first-order valence-corrected chi connectivity index (χ1v) is 5.99. The van der Waals surface area contributed by atoms with E-state index in [0.717, 1.165) is 5.56 Å². The molecule has 18 heavy (non-hydrogen) atoms. The van der Waals surface area contributed by atoms with E-state index < -0.39 is 5.54 Å². The number of carbonyl (C=O) groups excluding carboxylic acids is 1. The molecule has 1 fully saturated rings. The van der Waals surface area contributed by atoms with Gasteiger partial charge in [0, 0.05) is 25.0 Å². The van der Waals surface area contributed by atoms with Crippen LogP contribution in [0.25, 0.3) is 0 Å². The predicted molar refractivity (Wildman–Crippen MR) is 68.4 cm³/mol. The zero-order valence-corrected chi connectivity index (χ0v) is 10.4. The third kappa shape index (κ3) is 2.63. The summed E-state index contributed by atoms with van der Waals surface area (Å²) in [5, 5.41) is 12.3. The molecule has 1 aliphatic rings. The number of phenolic OH excluding ortho intramolecular Hbond substituents is 1. The smallest absolute Gasteiger partial charge is 0.244 e. The van der Waals surface area contributed by atoms with Crippen molar-refractivity contribution in [2.75, 3.05) is 18.5 Å². The van der Waals surface area contributed by atoms with E-state index in [1.54, 1.807) is 19.1 Å². The van der Waals surface area contributed by atoms with Gasteiger partial charge in [0.1, 0.15) is 11.3 Å². The quantitative estimate of drug-likeness (QED) is 0.735. The summed E-state index contributed by atoms with van der Waals surface area (Å²) in [4.78, 5) is 12.1. The van der Waals surface area contributed by atoms with Crippen molar-refractivity contribution >= 4 is 11.6 Å². The Hall–Kier alpha value is -1.59. The van der Waals surface area contributed by atoms with Crippen LogP contribution < -0.4 is 11.1 Å². The Morgan fingerprint density at radius 1 is 1.44 bits per heavy atom. The number of hydrogen-bond acceptors (Lipinski definition) is 4. The first-order valence-electron chi connectivity index (χ1n) is 5.99. The Labute approximate surface area is 106 Å². The highest BCUT2D eigenvalue weighted by molar-refractivity contribution is 5.98. The first kappa shape index (κ1) is 12.9. The standard InChI is InChI=1S/C13H18N2O3/c1-9-2-3-10(8-11(9)16)15-12(17)13(14)4-6-18-7-5-13/h2-3,8,16H,4-7,14H2,1H3,(H,15,17). The van der Waals surface area contributed by atoms with Crippen molar-refractivity contribution in [2.24, 2.45) is 5.73 Å². The summed E-state index contributed by atoms with van der Waals surface area (Å²) in [6.45, 7) is 2.80. The number of nitrogens with one attached hydrogen (secondary N) is 1. The number of phenols is 1. The highest BCUT2D eigenvalue weighted by Gasteiger charge is 2.35. The maximum atomic E-state index is 12.1. The SMILES string of the molecule is Cc1ccc(NC(=O)C2(N)CCOCC2)cc1O. The number of carbonyl (C=O) groups is 1. The Morgan fingerprint density at radius 2 is 2.11 bits per heavy atom. The molecule has 5 heteroatoms. The molecule has 0 spiro atoms. The van der Waals surface area contributed by atoms with Crippen LogP contribution in [0.3, 0.4) is 0 Å². The lowest BCUT2D eigenvalue weighted by Crippen LogP contribution is -2.54. The summed E-state index contributed by atoms with van der Waals surface area (Å²) in [6.07, 6.45) is 1.02. The second kappa shape index (κ2) is 4.96. The zero-order chi connectivity index (χ0) is 13.2. The average molecular weight is 250 g/mol. The third-order valence-corrected chi connectivity index (χ3v) is 3.30. The van der Waals surface area contributed by atoms with Crippen molar-refractivity contribution in [3.63, 3.8) is 0 Å². The molecule has 4 N–H and O–H groups in total. The minimum absolute atomic E-state index is 0.158. The van der Waals surface area contributed by atoms with Gasteiger partial charge in [0.2, 0.25) is 5.91 Å². The average Bonchev–Trinajstić information content (AvgIpc) is 2.35. The molecular formula is C13H18N2O3. The van der Waals surface area contributed by atoms with Crippen molar-refractivity contribution in [3.05, 3.63) is 23.8 Å². The van der Waals surface area contributed by atoms with Crippen LogP contribution in [-0.2, 0) is 9.53 Å². The second-order valence-electron chi connectivity index (χ2n) is 4.72. The van der Waals surface area contributed by atoms with Gasteiger partial charge in [-0.05, 0) is 31.4 Å². The molecule has 0 bridgehead atoms. The molecule has 2 rings (SSSR count). The molecule has 0 aromatic heterocycles. The Balaban J connectivity index is 2.08. The second-order valence-corrected chi connectivity index (χ2v) is 4.72. The fraction of sp³-hybridized carbons (Fsp3) is 0.462. The van der Waals surface area contributed by atoms with Gasteiger partial charge < -0.3 is 20.9 Å². The molecular weight excluding hydrogens is 232 g/mol. The van der Waals surface area contributed by atoms with E-state index in [1.807, 2.05) is 0 Å². The summed E-state index contributed by atoms with van der Waals surface area (Å²) in [5.74, 6) is -0.0695. The van der Waals surface area contributed by atoms with Gasteiger partial charge in [-0.3, -0.25) is 4.79 Å². The van der Waals surface area contributed by atoms with Crippen molar-refractivity contribution < 1.29 is 14.6 Å². The molecule has 1 heterocycles. The molecule has 1 saturated heterocycles. The summed E-state index contributed by atoms with van der Waals surface area (Å²) in [6, 6.07) is 5.02. The summed E-state index contributed by atoms with van der Waals surface area (Å²) >= 11 is 0. The normalized spacial score (nSPS) is 18.3. The molecule has 1 aliphatic heterocycles. The third-order valence-electron chi connectivity index (χ3n) is 3.30. The summed E-state index contributed by atoms with van der Waals surface area (Å²) in [5.41, 5.74) is 6.51. The van der Waals surface area contributed by atoms with E-state index in [2.05, 4.69) is 5.32 Å². The van der Waals surface area contributed by atoms with Crippen LogP contribution in [-0.4, -0.2) is 29.8 Å². The lowest BCUT2D eigenvalue weighted by Gasteiger charge is -2.31. The molecule has 1 amide bonds. The van der Waals surface area contributed by atoms with Crippen LogP contribution in [0.4, 0.5) is 5.69 Å². The lowest BCUT2D eigenvalue weighted by molar-refractivity contribution is -0.124. The number of aromatic hydroxyl groups is 1. The molecule has 1 aromatic rings. The monoisotopic (exact) mass is 250 g/mol. The van der Waals surface area contributed by atoms with E-state index in [0.29, 0.717) is 31.7 Å². The molecule has 5 nitrogen and oxygen atoms in total. The molecule has 98 valence electrons. The molecule has 1 aromatic carbocycles. The minimum atomic E-state index is -0.876. The number of hydrogen-bond donors (Lipinski definition) is 3. The van der Waals surface area contributed by atoms with Gasteiger partial charge in [0.15, 0.2) is 0 Å². The van der Waals surface area contributed by atoms with Gasteiger partial charge in [0.25, 0.3) is 0 Å². The zero-order valence-electron chi connectivity index (χ0n) is 10.4. The van der Waals surface area contributed by atoms with Crippen molar-refractivity contribution in [1.29, 1.82) is 0 Å². The highest BCUT2D eigenvalue weighted by Crippen LogP contribution is 2.23. The fourth-order valence-electron chi connectivity index (χ4n) is 1.91. The van der Waals surface area contributed by atoms with Gasteiger partial charge in [0.05, 0.1) is 0 Å². The van der Waals surface area contributed by atoms with Crippen molar-refractivity contribution in [1.82, 2.24) is 0 Å². The Bertz CT molecular complexity index is 454. The van der Waals surface area contributed by atoms with Crippen LogP contribution in [0.15, 0.2) is 18.2 Å². The minimum Gasteiger partial charge on any atom is -0.508 e. The van der Waals surface area contributed by atoms with Crippen LogP contribution in [0, 0.1) is 6.92 Å². The number of amides is 1. The number of rotatable bonds is 2.